The van der Waals surface area contributed by atoms with Gasteiger partial charge in [-0.2, -0.15) is 0 Å². The first-order valence-electron chi connectivity index (χ1n) is 8.63. The Morgan fingerprint density at radius 3 is 2.62 bits per heavy atom. The van der Waals surface area contributed by atoms with Crippen LogP contribution in [0.25, 0.3) is 0 Å². The smallest absolute Gasteiger partial charge is 0.262 e. The van der Waals surface area contributed by atoms with Gasteiger partial charge in [-0.3, -0.25) is 9.59 Å². The Balaban J connectivity index is 1.88. The summed E-state index contributed by atoms with van der Waals surface area (Å²) >= 11 is 0. The van der Waals surface area contributed by atoms with Gasteiger partial charge in [0.25, 0.3) is 11.8 Å². The minimum absolute atomic E-state index is 0.164. The number of hydrogen-bond donors (Lipinski definition) is 1. The van der Waals surface area contributed by atoms with Crippen LogP contribution >= 0.6 is 0 Å². The maximum absolute atomic E-state index is 13.0. The number of nitrogens with one attached hydrogen (secondary N) is 1. The van der Waals surface area contributed by atoms with E-state index in [0.717, 1.165) is 6.42 Å². The molecule has 0 aliphatic carbocycles. The molecule has 0 bridgehead atoms. The van der Waals surface area contributed by atoms with Crippen molar-refractivity contribution in [2.24, 2.45) is 0 Å². The van der Waals surface area contributed by atoms with Gasteiger partial charge in [0.15, 0.2) is 6.10 Å². The van der Waals surface area contributed by atoms with Gasteiger partial charge in [0.1, 0.15) is 11.5 Å². The molecule has 0 spiro atoms. The van der Waals surface area contributed by atoms with E-state index in [9.17, 15) is 9.59 Å². The normalized spacial score (nSPS) is 15.6. The van der Waals surface area contributed by atoms with Crippen molar-refractivity contribution in [2.45, 2.75) is 19.4 Å². The van der Waals surface area contributed by atoms with Crippen molar-refractivity contribution >= 4 is 17.5 Å². The van der Waals surface area contributed by atoms with Crippen LogP contribution in [0.3, 0.4) is 0 Å². The second-order valence-corrected chi connectivity index (χ2v) is 6.01. The summed E-state index contributed by atoms with van der Waals surface area (Å²) in [6, 6.07) is 14.2. The fourth-order valence-electron chi connectivity index (χ4n) is 2.81. The van der Waals surface area contributed by atoms with Crippen molar-refractivity contribution in [3.63, 3.8) is 0 Å². The number of methoxy groups -OCH3 is 1. The monoisotopic (exact) mass is 354 g/mol. The molecule has 0 aromatic heterocycles. The molecular formula is C20H22N2O4. The van der Waals surface area contributed by atoms with E-state index in [1.54, 1.807) is 42.3 Å². The summed E-state index contributed by atoms with van der Waals surface area (Å²) < 4.78 is 11.0. The number of carbonyl (C=O) groups excluding carboxylic acids is 2. The van der Waals surface area contributed by atoms with Crippen LogP contribution in [0.15, 0.2) is 48.5 Å². The van der Waals surface area contributed by atoms with Gasteiger partial charge in [-0.1, -0.05) is 19.1 Å². The zero-order valence-electron chi connectivity index (χ0n) is 14.9. The molecule has 6 heteroatoms. The maximum atomic E-state index is 13.0. The van der Waals surface area contributed by atoms with E-state index >= 15 is 0 Å². The summed E-state index contributed by atoms with van der Waals surface area (Å²) in [5.74, 6) is 0.809. The highest BCUT2D eigenvalue weighted by Crippen LogP contribution is 2.34. The Kier molecular flexibility index (Phi) is 5.41. The molecule has 0 fully saturated rings. The molecule has 3 rings (SSSR count). The van der Waals surface area contributed by atoms with E-state index in [0.29, 0.717) is 29.3 Å². The van der Waals surface area contributed by atoms with E-state index < -0.39 is 6.10 Å². The van der Waals surface area contributed by atoms with Gasteiger partial charge in [-0.15, -0.1) is 0 Å². The first kappa shape index (κ1) is 17.8. The van der Waals surface area contributed by atoms with E-state index in [-0.39, 0.29) is 18.4 Å². The van der Waals surface area contributed by atoms with Crippen LogP contribution < -0.4 is 19.7 Å². The lowest BCUT2D eigenvalue weighted by Gasteiger charge is -2.34. The lowest BCUT2D eigenvalue weighted by Crippen LogP contribution is -2.50. The van der Waals surface area contributed by atoms with Gasteiger partial charge in [0.05, 0.1) is 19.3 Å². The summed E-state index contributed by atoms with van der Waals surface area (Å²) in [7, 11) is 1.58. The molecule has 136 valence electrons. The number of fused-ring (bicyclic) bond motifs is 1. The molecular weight excluding hydrogens is 332 g/mol. The van der Waals surface area contributed by atoms with Crippen molar-refractivity contribution < 1.29 is 19.1 Å². The summed E-state index contributed by atoms with van der Waals surface area (Å²) in [5.41, 5.74) is 1.18. The zero-order valence-corrected chi connectivity index (χ0v) is 14.9. The maximum Gasteiger partial charge on any atom is 0.262 e. The van der Waals surface area contributed by atoms with Crippen LogP contribution in [0.2, 0.25) is 0 Å². The molecule has 1 heterocycles. The predicted octanol–water partition coefficient (Wildman–Crippen LogP) is 2.63. The number of amides is 2. The van der Waals surface area contributed by atoms with Crippen LogP contribution in [-0.4, -0.2) is 38.1 Å². The molecule has 26 heavy (non-hydrogen) atoms. The Morgan fingerprint density at radius 2 is 1.92 bits per heavy atom. The third-order valence-corrected chi connectivity index (χ3v) is 4.20. The molecule has 1 N–H and O–H groups in total. The Bertz CT molecular complexity index is 789. The van der Waals surface area contributed by atoms with Crippen LogP contribution in [0.5, 0.6) is 11.5 Å². The lowest BCUT2D eigenvalue weighted by molar-refractivity contribution is -0.127. The number of carbonyl (C=O) groups is 2. The molecule has 2 aromatic rings. The number of hydrogen-bond acceptors (Lipinski definition) is 4. The summed E-state index contributed by atoms with van der Waals surface area (Å²) in [6.45, 7) is 2.72. The number of benzene rings is 2. The third kappa shape index (κ3) is 3.64. The number of anilines is 1. The summed E-state index contributed by atoms with van der Waals surface area (Å²) in [4.78, 5) is 27.0. The van der Waals surface area contributed by atoms with E-state index in [1.165, 1.54) is 0 Å². The molecule has 2 aromatic carbocycles. The Morgan fingerprint density at radius 1 is 1.19 bits per heavy atom. The van der Waals surface area contributed by atoms with Crippen LogP contribution in [0.1, 0.15) is 23.7 Å². The SMILES string of the molecule is CCCNC(=O)[C@H]1CN(C(=O)c2ccc(OC)cc2)c2ccccc2O1. The molecule has 0 unspecified atom stereocenters. The van der Waals surface area contributed by atoms with Crippen LogP contribution in [0, 0.1) is 0 Å². The Hall–Kier alpha value is -3.02. The topological polar surface area (TPSA) is 67.9 Å². The minimum Gasteiger partial charge on any atom is -0.497 e. The highest BCUT2D eigenvalue weighted by atomic mass is 16.5. The average molecular weight is 354 g/mol. The molecule has 6 nitrogen and oxygen atoms in total. The number of para-hydroxylation sites is 2. The second-order valence-electron chi connectivity index (χ2n) is 6.01. The summed E-state index contributed by atoms with van der Waals surface area (Å²) in [6.07, 6.45) is 0.0995. The van der Waals surface area contributed by atoms with Gasteiger partial charge >= 0.3 is 0 Å². The molecule has 1 aliphatic rings. The average Bonchev–Trinajstić information content (AvgIpc) is 2.70. The van der Waals surface area contributed by atoms with Crippen molar-refractivity contribution in [3.05, 3.63) is 54.1 Å². The fraction of sp³-hybridized carbons (Fsp3) is 0.300. The van der Waals surface area contributed by atoms with Crippen molar-refractivity contribution in [3.8, 4) is 11.5 Å². The van der Waals surface area contributed by atoms with Crippen molar-refractivity contribution in [1.82, 2.24) is 5.32 Å². The molecule has 0 saturated carbocycles. The largest absolute Gasteiger partial charge is 0.497 e. The molecule has 0 saturated heterocycles. The fourth-order valence-corrected chi connectivity index (χ4v) is 2.81. The number of rotatable bonds is 5. The highest BCUT2D eigenvalue weighted by Gasteiger charge is 2.34. The van der Waals surface area contributed by atoms with Crippen LogP contribution in [0.4, 0.5) is 5.69 Å². The number of ether oxygens (including phenoxy) is 2. The molecule has 1 atom stereocenters. The summed E-state index contributed by atoms with van der Waals surface area (Å²) in [5, 5.41) is 2.83. The quantitative estimate of drug-likeness (QED) is 0.896. The lowest BCUT2D eigenvalue weighted by atomic mass is 10.1. The molecule has 2 amide bonds. The minimum atomic E-state index is -0.737. The van der Waals surface area contributed by atoms with Crippen molar-refractivity contribution in [1.29, 1.82) is 0 Å². The van der Waals surface area contributed by atoms with Gasteiger partial charge in [0, 0.05) is 12.1 Å². The zero-order chi connectivity index (χ0) is 18.5. The van der Waals surface area contributed by atoms with Gasteiger partial charge in [0.2, 0.25) is 0 Å². The van der Waals surface area contributed by atoms with Gasteiger partial charge in [-0.25, -0.2) is 0 Å². The first-order chi connectivity index (χ1) is 12.6. The molecule has 1 aliphatic heterocycles. The van der Waals surface area contributed by atoms with E-state index in [2.05, 4.69) is 5.32 Å². The highest BCUT2D eigenvalue weighted by molar-refractivity contribution is 6.08. The van der Waals surface area contributed by atoms with Gasteiger partial charge in [-0.05, 0) is 42.8 Å². The Labute approximate surface area is 152 Å². The third-order valence-electron chi connectivity index (χ3n) is 4.20. The molecule has 0 radical (unpaired) electrons. The van der Waals surface area contributed by atoms with Crippen LogP contribution in [-0.2, 0) is 4.79 Å². The van der Waals surface area contributed by atoms with Gasteiger partial charge < -0.3 is 19.7 Å². The predicted molar refractivity (Wildman–Crippen MR) is 98.8 cm³/mol. The van der Waals surface area contributed by atoms with E-state index in [1.807, 2.05) is 25.1 Å². The van der Waals surface area contributed by atoms with Crippen molar-refractivity contribution in [2.75, 3.05) is 25.1 Å². The number of nitrogens with zero attached hydrogens (tertiary/aromatic N) is 1. The second kappa shape index (κ2) is 7.91. The first-order valence-corrected chi connectivity index (χ1v) is 8.63. The van der Waals surface area contributed by atoms with E-state index in [4.69, 9.17) is 9.47 Å². The standard InChI is InChI=1S/C20H22N2O4/c1-3-12-21-19(23)18-13-22(16-6-4-5-7-17(16)26-18)20(24)14-8-10-15(25-2)11-9-14/h4-11,18H,3,12-13H2,1-2H3,(H,21,23)/t18-/m1/s1.